The van der Waals surface area contributed by atoms with Crippen LogP contribution < -0.4 is 0 Å². The quantitative estimate of drug-likeness (QED) is 0.755. The largest absolute Gasteiger partial charge is 0.458 e. The first-order chi connectivity index (χ1) is 8.72. The molecule has 2 rings (SSSR count). The average molecular weight is 267 g/mol. The van der Waals surface area contributed by atoms with E-state index in [0.29, 0.717) is 16.5 Å². The first kappa shape index (κ1) is 13.4. The molecular formula is C15H19ClO2. The molecule has 2 unspecified atom stereocenters. The molecule has 2 nitrogen and oxygen atoms in total. The van der Waals surface area contributed by atoms with Gasteiger partial charge in [0.05, 0.1) is 10.6 Å². The summed E-state index contributed by atoms with van der Waals surface area (Å²) in [7, 11) is 0. The molecule has 0 radical (unpaired) electrons. The zero-order valence-electron chi connectivity index (χ0n) is 10.7. The van der Waals surface area contributed by atoms with Crippen LogP contribution in [0, 0.1) is 5.92 Å². The Bertz CT molecular complexity index is 417. The molecule has 1 aliphatic rings. The van der Waals surface area contributed by atoms with E-state index in [1.807, 2.05) is 6.07 Å². The summed E-state index contributed by atoms with van der Waals surface area (Å²) >= 11 is 6.01. The monoisotopic (exact) mass is 266 g/mol. The molecule has 0 N–H and O–H groups in total. The van der Waals surface area contributed by atoms with E-state index in [0.717, 1.165) is 25.7 Å². The van der Waals surface area contributed by atoms with Gasteiger partial charge in [0, 0.05) is 0 Å². The van der Waals surface area contributed by atoms with Gasteiger partial charge in [-0.25, -0.2) is 4.79 Å². The van der Waals surface area contributed by atoms with Crippen molar-refractivity contribution in [3.05, 3.63) is 34.9 Å². The number of esters is 1. The Morgan fingerprint density at radius 1 is 1.33 bits per heavy atom. The van der Waals surface area contributed by atoms with Gasteiger partial charge < -0.3 is 4.74 Å². The molecule has 1 aromatic rings. The molecule has 18 heavy (non-hydrogen) atoms. The van der Waals surface area contributed by atoms with Crippen molar-refractivity contribution in [1.29, 1.82) is 0 Å². The zero-order chi connectivity index (χ0) is 13.0. The third-order valence-electron chi connectivity index (χ3n) is 3.72. The van der Waals surface area contributed by atoms with Crippen molar-refractivity contribution in [2.24, 2.45) is 5.92 Å². The van der Waals surface area contributed by atoms with Crippen LogP contribution in [0.4, 0.5) is 0 Å². The van der Waals surface area contributed by atoms with Crippen LogP contribution in [-0.4, -0.2) is 12.1 Å². The van der Waals surface area contributed by atoms with Crippen LogP contribution in [0.5, 0.6) is 0 Å². The number of carbonyl (C=O) groups excluding carboxylic acids is 1. The van der Waals surface area contributed by atoms with Gasteiger partial charge in [-0.05, 0) is 43.7 Å². The lowest BCUT2D eigenvalue weighted by Crippen LogP contribution is -2.29. The summed E-state index contributed by atoms with van der Waals surface area (Å²) in [5.41, 5.74) is 0.472. The van der Waals surface area contributed by atoms with Crippen molar-refractivity contribution in [3.63, 3.8) is 0 Å². The van der Waals surface area contributed by atoms with Gasteiger partial charge in [0.15, 0.2) is 0 Å². The second kappa shape index (κ2) is 6.24. The first-order valence-electron chi connectivity index (χ1n) is 6.68. The first-order valence-corrected chi connectivity index (χ1v) is 7.05. The summed E-state index contributed by atoms with van der Waals surface area (Å²) in [5, 5.41) is 0.464. The Balaban J connectivity index is 2.04. The fourth-order valence-electron chi connectivity index (χ4n) is 2.62. The zero-order valence-corrected chi connectivity index (χ0v) is 11.5. The van der Waals surface area contributed by atoms with Crippen molar-refractivity contribution in [2.75, 3.05) is 0 Å². The lowest BCUT2D eigenvalue weighted by Gasteiger charge is -2.30. The molecule has 98 valence electrons. The maximum atomic E-state index is 12.1. The van der Waals surface area contributed by atoms with Gasteiger partial charge in [0.2, 0.25) is 0 Å². The smallest absolute Gasteiger partial charge is 0.339 e. The lowest BCUT2D eigenvalue weighted by atomic mass is 9.85. The highest BCUT2D eigenvalue weighted by Gasteiger charge is 2.27. The number of hydrogen-bond acceptors (Lipinski definition) is 2. The van der Waals surface area contributed by atoms with Crippen LogP contribution in [0.1, 0.15) is 49.4 Å². The van der Waals surface area contributed by atoms with E-state index in [4.69, 9.17) is 16.3 Å². The van der Waals surface area contributed by atoms with E-state index in [-0.39, 0.29) is 12.1 Å². The normalized spacial score (nSPS) is 23.7. The third-order valence-corrected chi connectivity index (χ3v) is 4.05. The van der Waals surface area contributed by atoms with Crippen molar-refractivity contribution >= 4 is 17.6 Å². The predicted octanol–water partition coefficient (Wildman–Crippen LogP) is 4.47. The van der Waals surface area contributed by atoms with Crippen LogP contribution in [0.25, 0.3) is 0 Å². The average Bonchev–Trinajstić information content (AvgIpc) is 2.39. The molecule has 0 amide bonds. The van der Waals surface area contributed by atoms with E-state index in [9.17, 15) is 4.79 Å². The van der Waals surface area contributed by atoms with E-state index < -0.39 is 0 Å². The predicted molar refractivity (Wildman–Crippen MR) is 72.9 cm³/mol. The highest BCUT2D eigenvalue weighted by molar-refractivity contribution is 6.33. The van der Waals surface area contributed by atoms with E-state index in [1.165, 1.54) is 6.42 Å². The molecule has 0 heterocycles. The maximum Gasteiger partial charge on any atom is 0.339 e. The molecule has 0 saturated heterocycles. The topological polar surface area (TPSA) is 26.3 Å². The summed E-state index contributed by atoms with van der Waals surface area (Å²) in [6.45, 7) is 2.16. The van der Waals surface area contributed by atoms with Crippen LogP contribution in [-0.2, 0) is 4.74 Å². The summed E-state index contributed by atoms with van der Waals surface area (Å²) in [4.78, 5) is 12.1. The van der Waals surface area contributed by atoms with E-state index in [2.05, 4.69) is 6.92 Å². The second-order valence-corrected chi connectivity index (χ2v) is 5.28. The summed E-state index contributed by atoms with van der Waals surface area (Å²) < 4.78 is 5.64. The number of rotatable bonds is 3. The molecule has 0 aromatic heterocycles. The van der Waals surface area contributed by atoms with Crippen LogP contribution in [0.2, 0.25) is 5.02 Å². The number of ether oxygens (including phenoxy) is 1. The van der Waals surface area contributed by atoms with Gasteiger partial charge in [-0.15, -0.1) is 0 Å². The molecule has 2 atom stereocenters. The van der Waals surface area contributed by atoms with Gasteiger partial charge in [-0.2, -0.15) is 0 Å². The standard InChI is InChI=1S/C15H19ClO2/c1-2-11-7-3-6-10-14(11)18-15(17)12-8-4-5-9-13(12)16/h4-5,8-9,11,14H,2-3,6-7,10H2,1H3. The number of hydrogen-bond donors (Lipinski definition) is 0. The Kier molecular flexibility index (Phi) is 4.65. The minimum Gasteiger partial charge on any atom is -0.458 e. The van der Waals surface area contributed by atoms with Gasteiger partial charge in [-0.1, -0.05) is 37.1 Å². The molecule has 0 spiro atoms. The van der Waals surface area contributed by atoms with Crippen molar-refractivity contribution in [1.82, 2.24) is 0 Å². The van der Waals surface area contributed by atoms with Gasteiger partial charge in [0.25, 0.3) is 0 Å². The van der Waals surface area contributed by atoms with Crippen molar-refractivity contribution < 1.29 is 9.53 Å². The highest BCUT2D eigenvalue weighted by atomic mass is 35.5. The molecule has 1 saturated carbocycles. The van der Waals surface area contributed by atoms with Crippen LogP contribution in [0.3, 0.4) is 0 Å². The lowest BCUT2D eigenvalue weighted by molar-refractivity contribution is 0.000730. The number of benzene rings is 1. The summed E-state index contributed by atoms with van der Waals surface area (Å²) in [5.74, 6) is 0.219. The SMILES string of the molecule is CCC1CCCCC1OC(=O)c1ccccc1Cl. The fourth-order valence-corrected chi connectivity index (χ4v) is 2.84. The maximum absolute atomic E-state index is 12.1. The number of halogens is 1. The van der Waals surface area contributed by atoms with Gasteiger partial charge in [-0.3, -0.25) is 0 Å². The molecule has 0 aliphatic heterocycles. The minimum atomic E-state index is -0.286. The van der Waals surface area contributed by atoms with Crippen LogP contribution >= 0.6 is 11.6 Å². The minimum absolute atomic E-state index is 0.0625. The van der Waals surface area contributed by atoms with Crippen LogP contribution in [0.15, 0.2) is 24.3 Å². The summed E-state index contributed by atoms with van der Waals surface area (Å²) in [6.07, 6.45) is 5.68. The van der Waals surface area contributed by atoms with E-state index in [1.54, 1.807) is 18.2 Å². The highest BCUT2D eigenvalue weighted by Crippen LogP contribution is 2.30. The van der Waals surface area contributed by atoms with Crippen molar-refractivity contribution in [2.45, 2.75) is 45.1 Å². The fraction of sp³-hybridized carbons (Fsp3) is 0.533. The van der Waals surface area contributed by atoms with Gasteiger partial charge in [0.1, 0.15) is 6.10 Å². The van der Waals surface area contributed by atoms with E-state index >= 15 is 0 Å². The molecule has 1 fully saturated rings. The Labute approximate surface area is 113 Å². The van der Waals surface area contributed by atoms with Gasteiger partial charge >= 0.3 is 5.97 Å². The van der Waals surface area contributed by atoms with Crippen molar-refractivity contribution in [3.8, 4) is 0 Å². The molecule has 3 heteroatoms. The Morgan fingerprint density at radius 2 is 2.06 bits per heavy atom. The second-order valence-electron chi connectivity index (χ2n) is 4.88. The number of carbonyl (C=O) groups is 1. The Hall–Kier alpha value is -1.02. The molecule has 0 bridgehead atoms. The molecular weight excluding hydrogens is 248 g/mol. The molecule has 1 aromatic carbocycles. The third kappa shape index (κ3) is 3.05. The Morgan fingerprint density at radius 3 is 2.78 bits per heavy atom. The summed E-state index contributed by atoms with van der Waals surface area (Å²) in [6, 6.07) is 7.06. The molecule has 1 aliphatic carbocycles.